The Hall–Kier alpha value is -2.40. The molecule has 6 heteroatoms. The zero-order valence-electron chi connectivity index (χ0n) is 10.4. The van der Waals surface area contributed by atoms with E-state index in [0.29, 0.717) is 10.6 Å². The van der Waals surface area contributed by atoms with E-state index in [2.05, 4.69) is 10.1 Å². The molecular weight excluding hydrogens is 278 g/mol. The van der Waals surface area contributed by atoms with Crippen molar-refractivity contribution >= 4 is 28.5 Å². The highest BCUT2D eigenvalue weighted by molar-refractivity contribution is 6.31. The van der Waals surface area contributed by atoms with E-state index in [1.807, 2.05) is 12.1 Å². The molecule has 100 valence electrons. The van der Waals surface area contributed by atoms with Gasteiger partial charge in [-0.25, -0.2) is 9.48 Å². The van der Waals surface area contributed by atoms with Crippen molar-refractivity contribution in [2.24, 2.45) is 0 Å². The van der Waals surface area contributed by atoms with E-state index < -0.39 is 5.97 Å². The molecule has 3 rings (SSSR count). The van der Waals surface area contributed by atoms with Crippen LogP contribution in [0.4, 0.5) is 0 Å². The van der Waals surface area contributed by atoms with Crippen LogP contribution in [0.15, 0.2) is 48.9 Å². The summed E-state index contributed by atoms with van der Waals surface area (Å²) in [5.74, 6) is -0.412. The molecule has 0 bridgehead atoms. The van der Waals surface area contributed by atoms with Gasteiger partial charge in [-0.3, -0.25) is 4.98 Å². The number of hydrogen-bond acceptors (Lipinski definition) is 4. The molecule has 0 atom stereocenters. The Bertz CT molecular complexity index is 755. The van der Waals surface area contributed by atoms with Gasteiger partial charge in [0, 0.05) is 22.8 Å². The first kappa shape index (κ1) is 12.6. The summed E-state index contributed by atoms with van der Waals surface area (Å²) in [6.45, 7) is 0.0479. The summed E-state index contributed by atoms with van der Waals surface area (Å²) in [6.07, 6.45) is 4.77. The van der Waals surface area contributed by atoms with Gasteiger partial charge in [-0.1, -0.05) is 11.6 Å². The molecule has 1 aromatic carbocycles. The third-order valence-electron chi connectivity index (χ3n) is 2.84. The molecule has 2 heterocycles. The summed E-state index contributed by atoms with van der Waals surface area (Å²) in [4.78, 5) is 15.7. The van der Waals surface area contributed by atoms with Gasteiger partial charge in [-0.15, -0.1) is 0 Å². The first-order chi connectivity index (χ1) is 9.74. The normalized spacial score (nSPS) is 10.7. The minimum absolute atomic E-state index is 0.0479. The molecule has 2 aromatic heterocycles. The Kier molecular flexibility index (Phi) is 3.35. The topological polar surface area (TPSA) is 57.0 Å². The van der Waals surface area contributed by atoms with Crippen molar-refractivity contribution in [3.63, 3.8) is 0 Å². The molecule has 0 amide bonds. The molecular formula is C14H10ClN3O2. The highest BCUT2D eigenvalue weighted by Crippen LogP contribution is 2.19. The molecule has 0 fully saturated rings. The van der Waals surface area contributed by atoms with Crippen molar-refractivity contribution in [3.05, 3.63) is 59.5 Å². The standard InChI is InChI=1S/C14H10ClN3O2/c15-12-1-2-13-11(7-12)8-17-18(13)9-20-14(19)10-3-5-16-6-4-10/h1-8H,9H2. The smallest absolute Gasteiger partial charge is 0.340 e. The van der Waals surface area contributed by atoms with E-state index in [4.69, 9.17) is 16.3 Å². The van der Waals surface area contributed by atoms with Crippen molar-refractivity contribution < 1.29 is 9.53 Å². The van der Waals surface area contributed by atoms with E-state index in [9.17, 15) is 4.79 Å². The molecule has 0 saturated carbocycles. The van der Waals surface area contributed by atoms with Crippen LogP contribution >= 0.6 is 11.6 Å². The average Bonchev–Trinajstić information content (AvgIpc) is 2.88. The number of rotatable bonds is 3. The van der Waals surface area contributed by atoms with Crippen LogP contribution < -0.4 is 0 Å². The minimum atomic E-state index is -0.412. The van der Waals surface area contributed by atoms with Gasteiger partial charge in [-0.05, 0) is 30.3 Å². The van der Waals surface area contributed by atoms with Crippen molar-refractivity contribution in [1.82, 2.24) is 14.8 Å². The predicted octanol–water partition coefficient (Wildman–Crippen LogP) is 2.90. The molecule has 0 N–H and O–H groups in total. The number of pyridine rings is 1. The largest absolute Gasteiger partial charge is 0.439 e. The molecule has 0 aliphatic heterocycles. The molecule has 0 spiro atoms. The monoisotopic (exact) mass is 287 g/mol. The average molecular weight is 288 g/mol. The Morgan fingerprint density at radius 2 is 2.05 bits per heavy atom. The maximum absolute atomic E-state index is 11.8. The Balaban J connectivity index is 1.76. The Labute approximate surface area is 119 Å². The van der Waals surface area contributed by atoms with Crippen LogP contribution in [0.5, 0.6) is 0 Å². The van der Waals surface area contributed by atoms with Gasteiger partial charge >= 0.3 is 5.97 Å². The van der Waals surface area contributed by atoms with Crippen molar-refractivity contribution in [2.45, 2.75) is 6.73 Å². The SMILES string of the molecule is O=C(OCn1ncc2cc(Cl)ccc21)c1ccncc1. The van der Waals surface area contributed by atoms with Gasteiger partial charge in [0.15, 0.2) is 6.73 Å². The number of aromatic nitrogens is 3. The van der Waals surface area contributed by atoms with Crippen LogP contribution in [-0.2, 0) is 11.5 Å². The van der Waals surface area contributed by atoms with Gasteiger partial charge in [0.2, 0.25) is 0 Å². The first-order valence-electron chi connectivity index (χ1n) is 5.92. The molecule has 0 radical (unpaired) electrons. The Morgan fingerprint density at radius 3 is 2.85 bits per heavy atom. The zero-order valence-corrected chi connectivity index (χ0v) is 11.1. The fraction of sp³-hybridized carbons (Fsp3) is 0.0714. The van der Waals surface area contributed by atoms with E-state index in [1.165, 1.54) is 0 Å². The third kappa shape index (κ3) is 2.48. The lowest BCUT2D eigenvalue weighted by Crippen LogP contribution is -2.10. The molecule has 3 aromatic rings. The van der Waals surface area contributed by atoms with Crippen LogP contribution in [0.25, 0.3) is 10.9 Å². The first-order valence-corrected chi connectivity index (χ1v) is 6.30. The number of esters is 1. The van der Waals surface area contributed by atoms with E-state index in [1.54, 1.807) is 41.5 Å². The summed E-state index contributed by atoms with van der Waals surface area (Å²) < 4.78 is 6.81. The van der Waals surface area contributed by atoms with Gasteiger partial charge in [0.25, 0.3) is 0 Å². The van der Waals surface area contributed by atoms with Crippen LogP contribution in [0.2, 0.25) is 5.02 Å². The number of fused-ring (bicyclic) bond motifs is 1. The number of hydrogen-bond donors (Lipinski definition) is 0. The number of carbonyl (C=O) groups is 1. The van der Waals surface area contributed by atoms with Gasteiger partial charge in [0.05, 0.1) is 17.3 Å². The van der Waals surface area contributed by atoms with E-state index in [0.717, 1.165) is 10.9 Å². The molecule has 5 nitrogen and oxygen atoms in total. The fourth-order valence-electron chi connectivity index (χ4n) is 1.85. The number of benzene rings is 1. The second-order valence-corrected chi connectivity index (χ2v) is 4.58. The quantitative estimate of drug-likeness (QED) is 0.695. The lowest BCUT2D eigenvalue weighted by atomic mass is 10.2. The van der Waals surface area contributed by atoms with E-state index in [-0.39, 0.29) is 6.73 Å². The Morgan fingerprint density at radius 1 is 1.25 bits per heavy atom. The zero-order chi connectivity index (χ0) is 13.9. The lowest BCUT2D eigenvalue weighted by molar-refractivity contribution is 0.0358. The van der Waals surface area contributed by atoms with Crippen molar-refractivity contribution in [3.8, 4) is 0 Å². The van der Waals surface area contributed by atoms with Gasteiger partial charge in [0.1, 0.15) is 0 Å². The number of ether oxygens (including phenoxy) is 1. The number of nitrogens with zero attached hydrogens (tertiary/aromatic N) is 3. The summed E-state index contributed by atoms with van der Waals surface area (Å²) in [5, 5.41) is 5.72. The second-order valence-electron chi connectivity index (χ2n) is 4.14. The van der Waals surface area contributed by atoms with Crippen LogP contribution in [0.1, 0.15) is 10.4 Å². The number of halogens is 1. The number of carbonyl (C=O) groups excluding carboxylic acids is 1. The molecule has 0 aliphatic carbocycles. The highest BCUT2D eigenvalue weighted by Gasteiger charge is 2.08. The van der Waals surface area contributed by atoms with Gasteiger partial charge < -0.3 is 4.74 Å². The highest BCUT2D eigenvalue weighted by atomic mass is 35.5. The van der Waals surface area contributed by atoms with Gasteiger partial charge in [-0.2, -0.15) is 5.10 Å². The summed E-state index contributed by atoms with van der Waals surface area (Å²) >= 11 is 5.91. The second kappa shape index (κ2) is 5.30. The summed E-state index contributed by atoms with van der Waals surface area (Å²) in [7, 11) is 0. The minimum Gasteiger partial charge on any atom is -0.439 e. The fourth-order valence-corrected chi connectivity index (χ4v) is 2.03. The van der Waals surface area contributed by atoms with Crippen molar-refractivity contribution in [2.75, 3.05) is 0 Å². The predicted molar refractivity (Wildman–Crippen MR) is 74.4 cm³/mol. The lowest BCUT2D eigenvalue weighted by Gasteiger charge is -2.06. The molecule has 0 saturated heterocycles. The van der Waals surface area contributed by atoms with Crippen LogP contribution in [0, 0.1) is 0 Å². The maximum Gasteiger partial charge on any atom is 0.340 e. The van der Waals surface area contributed by atoms with Crippen LogP contribution in [-0.4, -0.2) is 20.7 Å². The summed E-state index contributed by atoms with van der Waals surface area (Å²) in [6, 6.07) is 8.62. The maximum atomic E-state index is 11.8. The molecule has 20 heavy (non-hydrogen) atoms. The van der Waals surface area contributed by atoms with Crippen LogP contribution in [0.3, 0.4) is 0 Å². The molecule has 0 aliphatic rings. The van der Waals surface area contributed by atoms with Crippen molar-refractivity contribution in [1.29, 1.82) is 0 Å². The third-order valence-corrected chi connectivity index (χ3v) is 3.07. The molecule has 0 unspecified atom stereocenters. The van der Waals surface area contributed by atoms with E-state index >= 15 is 0 Å². The summed E-state index contributed by atoms with van der Waals surface area (Å²) in [5.41, 5.74) is 1.32.